The Hall–Kier alpha value is -2.37. The first-order valence-corrected chi connectivity index (χ1v) is 5.07. The van der Waals surface area contributed by atoms with Crippen molar-refractivity contribution in [3.05, 3.63) is 59.2 Å². The number of carboxylic acids is 1. The van der Waals surface area contributed by atoms with Gasteiger partial charge in [0.05, 0.1) is 17.1 Å². The molecule has 0 radical (unpaired) electrons. The van der Waals surface area contributed by atoms with Crippen LogP contribution in [0.1, 0.15) is 10.4 Å². The summed E-state index contributed by atoms with van der Waals surface area (Å²) in [5, 5.41) is 10.5. The average molecular weight is 269 g/mol. The lowest BCUT2D eigenvalue weighted by atomic mass is 10.0. The van der Waals surface area contributed by atoms with Gasteiger partial charge in [0.1, 0.15) is 0 Å². The lowest BCUT2D eigenvalue weighted by Gasteiger charge is -2.12. The minimum atomic E-state index is -2.33. The predicted octanol–water partition coefficient (Wildman–Crippen LogP) is 2.27. The Morgan fingerprint density at radius 2 is 1.32 bits per heavy atom. The fraction of sp³-hybridized carbons (Fsp3) is 0. The van der Waals surface area contributed by atoms with Gasteiger partial charge in [-0.15, -0.1) is 0 Å². The molecule has 19 heavy (non-hydrogen) atoms. The first-order chi connectivity index (χ1) is 8.95. The third kappa shape index (κ3) is 2.05. The minimum Gasteiger partial charge on any atom is -0.545 e. The molecule has 0 amide bonds. The lowest BCUT2D eigenvalue weighted by molar-refractivity contribution is -0.255. The van der Waals surface area contributed by atoms with Crippen LogP contribution in [-0.4, -0.2) is 5.97 Å². The van der Waals surface area contributed by atoms with Crippen molar-refractivity contribution in [1.82, 2.24) is 0 Å². The van der Waals surface area contributed by atoms with Gasteiger partial charge in [0.2, 0.25) is 0 Å². The van der Waals surface area contributed by atoms with Crippen LogP contribution >= 0.6 is 0 Å². The number of rotatable bonds is 2. The Bertz CT molecular complexity index is 624. The maximum Gasteiger partial charge on any atom is 0.171 e. The number of halogens is 4. The Labute approximate surface area is 104 Å². The zero-order valence-corrected chi connectivity index (χ0v) is 9.22. The Morgan fingerprint density at radius 1 is 0.842 bits per heavy atom. The van der Waals surface area contributed by atoms with E-state index >= 15 is 0 Å². The van der Waals surface area contributed by atoms with Crippen molar-refractivity contribution in [1.29, 1.82) is 0 Å². The van der Waals surface area contributed by atoms with E-state index in [0.29, 0.717) is 0 Å². The van der Waals surface area contributed by atoms with Gasteiger partial charge in [-0.25, -0.2) is 17.6 Å². The third-order valence-corrected chi connectivity index (χ3v) is 2.53. The molecule has 2 aromatic rings. The normalized spacial score (nSPS) is 10.5. The van der Waals surface area contributed by atoms with E-state index in [2.05, 4.69) is 0 Å². The van der Waals surface area contributed by atoms with Gasteiger partial charge < -0.3 is 9.90 Å². The molecule has 0 saturated heterocycles. The summed E-state index contributed by atoms with van der Waals surface area (Å²) in [6.45, 7) is 0. The zero-order chi connectivity index (χ0) is 14.2. The number of benzene rings is 2. The molecule has 0 aliphatic carbocycles. The Morgan fingerprint density at radius 3 is 1.74 bits per heavy atom. The number of carbonyl (C=O) groups excluding carboxylic acids is 1. The minimum absolute atomic E-state index is 0.111. The molecule has 0 aliphatic rings. The summed E-state index contributed by atoms with van der Waals surface area (Å²) in [6, 6.07) is 6.84. The van der Waals surface area contributed by atoms with Crippen LogP contribution in [0, 0.1) is 23.3 Å². The molecular formula is C13H5F4O2-. The first-order valence-electron chi connectivity index (χ1n) is 5.07. The molecule has 0 atom stereocenters. The highest BCUT2D eigenvalue weighted by Crippen LogP contribution is 2.31. The highest BCUT2D eigenvalue weighted by molar-refractivity contribution is 5.87. The van der Waals surface area contributed by atoms with Crippen LogP contribution in [0.15, 0.2) is 30.3 Å². The van der Waals surface area contributed by atoms with E-state index in [-0.39, 0.29) is 5.56 Å². The molecule has 2 aromatic carbocycles. The molecule has 0 saturated carbocycles. The summed E-state index contributed by atoms with van der Waals surface area (Å²) in [5.74, 6) is -9.85. The van der Waals surface area contributed by atoms with Gasteiger partial charge in [0.25, 0.3) is 0 Å². The molecule has 0 aliphatic heterocycles. The zero-order valence-electron chi connectivity index (χ0n) is 9.22. The topological polar surface area (TPSA) is 40.1 Å². The molecule has 0 fully saturated rings. The summed E-state index contributed by atoms with van der Waals surface area (Å²) in [4.78, 5) is 10.5. The van der Waals surface area contributed by atoms with Crippen LogP contribution in [0.25, 0.3) is 11.1 Å². The highest BCUT2D eigenvalue weighted by Gasteiger charge is 2.26. The molecule has 0 aromatic heterocycles. The van der Waals surface area contributed by atoms with Gasteiger partial charge in [0, 0.05) is 0 Å². The molecule has 2 rings (SSSR count). The van der Waals surface area contributed by atoms with E-state index in [4.69, 9.17) is 0 Å². The standard InChI is InChI=1S/C13H6F4O2/c14-9-7(6-4-2-1-3-5-6)10(15)12(17)8(11(9)16)13(18)19/h1-5H,(H,18,19)/p-1. The van der Waals surface area contributed by atoms with Crippen LogP contribution in [-0.2, 0) is 0 Å². The number of carboxylic acid groups (broad SMARTS) is 1. The van der Waals surface area contributed by atoms with Crippen LogP contribution in [0.5, 0.6) is 0 Å². The van der Waals surface area contributed by atoms with E-state index in [1.54, 1.807) is 6.07 Å². The largest absolute Gasteiger partial charge is 0.545 e. The second-order valence-electron chi connectivity index (χ2n) is 3.66. The Kier molecular flexibility index (Phi) is 3.25. The van der Waals surface area contributed by atoms with Gasteiger partial charge >= 0.3 is 0 Å². The van der Waals surface area contributed by atoms with Crippen molar-refractivity contribution in [2.75, 3.05) is 0 Å². The van der Waals surface area contributed by atoms with Crippen LogP contribution < -0.4 is 5.11 Å². The van der Waals surface area contributed by atoms with Crippen molar-refractivity contribution in [2.24, 2.45) is 0 Å². The van der Waals surface area contributed by atoms with E-state index in [9.17, 15) is 27.5 Å². The van der Waals surface area contributed by atoms with Gasteiger partial charge in [0.15, 0.2) is 23.3 Å². The maximum absolute atomic E-state index is 13.7. The molecular weight excluding hydrogens is 264 g/mol. The van der Waals surface area contributed by atoms with Gasteiger partial charge in [-0.3, -0.25) is 0 Å². The van der Waals surface area contributed by atoms with E-state index in [1.165, 1.54) is 24.3 Å². The van der Waals surface area contributed by atoms with Crippen LogP contribution in [0.2, 0.25) is 0 Å². The summed E-state index contributed by atoms with van der Waals surface area (Å²) in [5.41, 5.74) is -2.82. The molecule has 6 heteroatoms. The fourth-order valence-corrected chi connectivity index (χ4v) is 1.67. The Balaban J connectivity index is 2.82. The highest BCUT2D eigenvalue weighted by atomic mass is 19.2. The lowest BCUT2D eigenvalue weighted by Crippen LogP contribution is -2.26. The number of aromatic carboxylic acids is 1. The first kappa shape index (κ1) is 13.1. The fourth-order valence-electron chi connectivity index (χ4n) is 1.67. The van der Waals surface area contributed by atoms with Crippen molar-refractivity contribution in [2.45, 2.75) is 0 Å². The van der Waals surface area contributed by atoms with Crippen molar-refractivity contribution >= 4 is 5.97 Å². The molecule has 0 spiro atoms. The summed E-state index contributed by atoms with van der Waals surface area (Å²) in [6.07, 6.45) is 0. The van der Waals surface area contributed by atoms with Gasteiger partial charge in [-0.2, -0.15) is 0 Å². The molecule has 0 bridgehead atoms. The molecule has 0 N–H and O–H groups in total. The summed E-state index contributed by atoms with van der Waals surface area (Å²) >= 11 is 0. The monoisotopic (exact) mass is 269 g/mol. The summed E-state index contributed by atoms with van der Waals surface area (Å²) in [7, 11) is 0. The molecule has 0 unspecified atom stereocenters. The SMILES string of the molecule is O=C([O-])c1c(F)c(F)c(-c2ccccc2)c(F)c1F. The number of hydrogen-bond acceptors (Lipinski definition) is 2. The van der Waals surface area contributed by atoms with Gasteiger partial charge in [-0.05, 0) is 5.56 Å². The van der Waals surface area contributed by atoms with Crippen molar-refractivity contribution in [3.8, 4) is 11.1 Å². The second kappa shape index (κ2) is 4.72. The van der Waals surface area contributed by atoms with E-state index < -0.39 is 40.4 Å². The number of carbonyl (C=O) groups is 1. The quantitative estimate of drug-likeness (QED) is 0.619. The third-order valence-electron chi connectivity index (χ3n) is 2.53. The van der Waals surface area contributed by atoms with E-state index in [1.807, 2.05) is 0 Å². The molecule has 98 valence electrons. The van der Waals surface area contributed by atoms with Crippen LogP contribution in [0.3, 0.4) is 0 Å². The predicted molar refractivity (Wildman–Crippen MR) is 56.0 cm³/mol. The summed E-state index contributed by atoms with van der Waals surface area (Å²) < 4.78 is 54.2. The molecule has 0 heterocycles. The van der Waals surface area contributed by atoms with E-state index in [0.717, 1.165) is 0 Å². The number of hydrogen-bond donors (Lipinski definition) is 0. The van der Waals surface area contributed by atoms with Crippen LogP contribution in [0.4, 0.5) is 17.6 Å². The molecule has 2 nitrogen and oxygen atoms in total. The average Bonchev–Trinajstić information content (AvgIpc) is 2.38. The van der Waals surface area contributed by atoms with Crippen molar-refractivity contribution < 1.29 is 27.5 Å². The second-order valence-corrected chi connectivity index (χ2v) is 3.66. The smallest absolute Gasteiger partial charge is 0.171 e. The van der Waals surface area contributed by atoms with Gasteiger partial charge in [-0.1, -0.05) is 30.3 Å². The van der Waals surface area contributed by atoms with Crippen molar-refractivity contribution in [3.63, 3.8) is 0 Å². The maximum atomic E-state index is 13.7.